The number of likely N-dealkylation sites (N-methyl/N-ethyl adjacent to an activating group) is 1. The molecule has 2 rings (SSSR count). The molecule has 3 nitrogen and oxygen atoms in total. The van der Waals surface area contributed by atoms with Crippen molar-refractivity contribution >= 4 is 21.8 Å². The van der Waals surface area contributed by atoms with Gasteiger partial charge in [-0.15, -0.1) is 0 Å². The lowest BCUT2D eigenvalue weighted by Crippen LogP contribution is -2.35. The molecule has 1 saturated carbocycles. The molecule has 0 bridgehead atoms. The summed E-state index contributed by atoms with van der Waals surface area (Å²) < 4.78 is 0.896. The Morgan fingerprint density at radius 2 is 2.22 bits per heavy atom. The molecule has 1 unspecified atom stereocenters. The molecular weight excluding hydrogens is 294 g/mol. The average Bonchev–Trinajstić information content (AvgIpc) is 3.15. The highest BCUT2D eigenvalue weighted by Crippen LogP contribution is 2.32. The number of aliphatic hydroxyl groups is 1. The molecule has 1 amide bonds. The lowest BCUT2D eigenvalue weighted by atomic mass is 10.1. The van der Waals surface area contributed by atoms with Crippen molar-refractivity contribution in [2.24, 2.45) is 5.92 Å². The lowest BCUT2D eigenvalue weighted by Gasteiger charge is -2.21. The van der Waals surface area contributed by atoms with Crippen LogP contribution < -0.4 is 0 Å². The first-order chi connectivity index (χ1) is 8.49. The second kappa shape index (κ2) is 5.41. The number of aryl methyl sites for hydroxylation is 1. The molecule has 0 spiro atoms. The average molecular weight is 312 g/mol. The smallest absolute Gasteiger partial charge is 0.253 e. The number of amides is 1. The van der Waals surface area contributed by atoms with E-state index in [2.05, 4.69) is 15.9 Å². The van der Waals surface area contributed by atoms with Crippen LogP contribution in [0.25, 0.3) is 0 Å². The maximum atomic E-state index is 12.3. The zero-order valence-corrected chi connectivity index (χ0v) is 12.3. The highest BCUT2D eigenvalue weighted by Gasteiger charge is 2.31. The van der Waals surface area contributed by atoms with Crippen molar-refractivity contribution < 1.29 is 9.90 Å². The summed E-state index contributed by atoms with van der Waals surface area (Å²) in [4.78, 5) is 13.9. The highest BCUT2D eigenvalue weighted by molar-refractivity contribution is 9.10. The summed E-state index contributed by atoms with van der Waals surface area (Å²) in [5, 5.41) is 9.88. The normalized spacial score (nSPS) is 16.4. The molecule has 98 valence electrons. The Morgan fingerprint density at radius 3 is 2.83 bits per heavy atom. The monoisotopic (exact) mass is 311 g/mol. The van der Waals surface area contributed by atoms with Gasteiger partial charge in [-0.05, 0) is 43.4 Å². The zero-order chi connectivity index (χ0) is 13.3. The molecule has 0 radical (unpaired) electrons. The van der Waals surface area contributed by atoms with Gasteiger partial charge in [-0.2, -0.15) is 0 Å². The van der Waals surface area contributed by atoms with Crippen molar-refractivity contribution in [3.05, 3.63) is 33.8 Å². The molecule has 1 aliphatic carbocycles. The van der Waals surface area contributed by atoms with Crippen LogP contribution in [0, 0.1) is 12.8 Å². The van der Waals surface area contributed by atoms with Crippen molar-refractivity contribution in [3.63, 3.8) is 0 Å². The van der Waals surface area contributed by atoms with E-state index >= 15 is 0 Å². The molecule has 4 heteroatoms. The van der Waals surface area contributed by atoms with E-state index in [0.29, 0.717) is 18.0 Å². The Balaban J connectivity index is 2.07. The van der Waals surface area contributed by atoms with E-state index in [1.165, 1.54) is 0 Å². The van der Waals surface area contributed by atoms with Crippen molar-refractivity contribution in [1.29, 1.82) is 0 Å². The fourth-order valence-electron chi connectivity index (χ4n) is 2.02. The van der Waals surface area contributed by atoms with Crippen molar-refractivity contribution in [2.45, 2.75) is 25.9 Å². The SMILES string of the molecule is Cc1ccc(Br)cc1C(=O)N(C)CC(O)C1CC1. The number of aliphatic hydroxyl groups excluding tert-OH is 1. The number of hydrogen-bond acceptors (Lipinski definition) is 2. The molecule has 1 aliphatic rings. The lowest BCUT2D eigenvalue weighted by molar-refractivity contribution is 0.0644. The minimum atomic E-state index is -0.383. The Bertz CT molecular complexity index is 457. The van der Waals surface area contributed by atoms with E-state index < -0.39 is 0 Å². The van der Waals surface area contributed by atoms with Crippen LogP contribution in [0.4, 0.5) is 0 Å². The maximum absolute atomic E-state index is 12.3. The van der Waals surface area contributed by atoms with Gasteiger partial charge in [0.1, 0.15) is 0 Å². The second-order valence-electron chi connectivity index (χ2n) is 5.05. The van der Waals surface area contributed by atoms with Crippen LogP contribution in [-0.4, -0.2) is 35.6 Å². The number of hydrogen-bond donors (Lipinski definition) is 1. The minimum Gasteiger partial charge on any atom is -0.391 e. The van der Waals surface area contributed by atoms with E-state index in [-0.39, 0.29) is 12.0 Å². The molecule has 1 fully saturated rings. The van der Waals surface area contributed by atoms with Gasteiger partial charge in [0, 0.05) is 23.6 Å². The van der Waals surface area contributed by atoms with Gasteiger partial charge in [0.25, 0.3) is 5.91 Å². The number of carbonyl (C=O) groups is 1. The number of benzene rings is 1. The van der Waals surface area contributed by atoms with E-state index in [1.54, 1.807) is 11.9 Å². The van der Waals surface area contributed by atoms with Gasteiger partial charge < -0.3 is 10.0 Å². The Hall–Kier alpha value is -0.870. The molecule has 0 saturated heterocycles. The molecule has 1 aromatic carbocycles. The van der Waals surface area contributed by atoms with E-state index in [0.717, 1.165) is 22.9 Å². The summed E-state index contributed by atoms with van der Waals surface area (Å²) in [6.07, 6.45) is 1.78. The van der Waals surface area contributed by atoms with Crippen molar-refractivity contribution in [3.8, 4) is 0 Å². The van der Waals surface area contributed by atoms with Gasteiger partial charge in [-0.1, -0.05) is 22.0 Å². The molecule has 0 aliphatic heterocycles. The molecule has 1 aromatic rings. The summed E-state index contributed by atoms with van der Waals surface area (Å²) in [5.74, 6) is 0.359. The van der Waals surface area contributed by atoms with Crippen LogP contribution in [0.2, 0.25) is 0 Å². The molecule has 18 heavy (non-hydrogen) atoms. The number of halogens is 1. The molecule has 1 N–H and O–H groups in total. The predicted molar refractivity (Wildman–Crippen MR) is 74.6 cm³/mol. The first-order valence-corrected chi connectivity index (χ1v) is 6.98. The molecule has 1 atom stereocenters. The third kappa shape index (κ3) is 3.12. The topological polar surface area (TPSA) is 40.5 Å². The number of nitrogens with zero attached hydrogens (tertiary/aromatic N) is 1. The fraction of sp³-hybridized carbons (Fsp3) is 0.500. The van der Waals surface area contributed by atoms with Crippen LogP contribution in [0.3, 0.4) is 0 Å². The second-order valence-corrected chi connectivity index (χ2v) is 5.97. The van der Waals surface area contributed by atoms with E-state index in [4.69, 9.17) is 0 Å². The summed E-state index contributed by atoms with van der Waals surface area (Å²) in [5.41, 5.74) is 1.64. The van der Waals surface area contributed by atoms with Crippen LogP contribution in [-0.2, 0) is 0 Å². The first-order valence-electron chi connectivity index (χ1n) is 6.18. The van der Waals surface area contributed by atoms with Crippen LogP contribution in [0.5, 0.6) is 0 Å². The van der Waals surface area contributed by atoms with Gasteiger partial charge in [0.15, 0.2) is 0 Å². The van der Waals surface area contributed by atoms with Crippen molar-refractivity contribution in [1.82, 2.24) is 4.90 Å². The third-order valence-electron chi connectivity index (χ3n) is 3.40. The van der Waals surface area contributed by atoms with E-state index in [9.17, 15) is 9.90 Å². The number of rotatable bonds is 4. The third-order valence-corrected chi connectivity index (χ3v) is 3.90. The van der Waals surface area contributed by atoms with Crippen molar-refractivity contribution in [2.75, 3.05) is 13.6 Å². The Morgan fingerprint density at radius 1 is 1.56 bits per heavy atom. The largest absolute Gasteiger partial charge is 0.391 e. The Labute approximate surface area is 116 Å². The molecule has 0 aromatic heterocycles. The minimum absolute atomic E-state index is 0.0338. The predicted octanol–water partition coefficient (Wildman–Crippen LogP) is 2.60. The molecular formula is C14H18BrNO2. The zero-order valence-electron chi connectivity index (χ0n) is 10.7. The van der Waals surface area contributed by atoms with Crippen LogP contribution in [0.1, 0.15) is 28.8 Å². The fourth-order valence-corrected chi connectivity index (χ4v) is 2.38. The van der Waals surface area contributed by atoms with Gasteiger partial charge in [-0.3, -0.25) is 4.79 Å². The van der Waals surface area contributed by atoms with Gasteiger partial charge >= 0.3 is 0 Å². The van der Waals surface area contributed by atoms with Gasteiger partial charge in [-0.25, -0.2) is 0 Å². The first kappa shape index (κ1) is 13.6. The van der Waals surface area contributed by atoms with Crippen LogP contribution >= 0.6 is 15.9 Å². The van der Waals surface area contributed by atoms with Crippen LogP contribution in [0.15, 0.2) is 22.7 Å². The maximum Gasteiger partial charge on any atom is 0.253 e. The summed E-state index contributed by atoms with van der Waals surface area (Å²) in [6, 6.07) is 5.67. The Kier molecular flexibility index (Phi) is 4.07. The van der Waals surface area contributed by atoms with E-state index in [1.807, 2.05) is 25.1 Å². The molecule has 0 heterocycles. The quantitative estimate of drug-likeness (QED) is 0.928. The summed E-state index contributed by atoms with van der Waals surface area (Å²) in [6.45, 7) is 2.33. The summed E-state index contributed by atoms with van der Waals surface area (Å²) in [7, 11) is 1.74. The highest BCUT2D eigenvalue weighted by atomic mass is 79.9. The standard InChI is InChI=1S/C14H18BrNO2/c1-9-3-6-11(15)7-12(9)14(18)16(2)8-13(17)10-4-5-10/h3,6-7,10,13,17H,4-5,8H2,1-2H3. The van der Waals surface area contributed by atoms with Gasteiger partial charge in [0.05, 0.1) is 6.10 Å². The summed E-state index contributed by atoms with van der Waals surface area (Å²) >= 11 is 3.38. The number of carbonyl (C=O) groups excluding carboxylic acids is 1. The van der Waals surface area contributed by atoms with Gasteiger partial charge in [0.2, 0.25) is 0 Å².